The van der Waals surface area contributed by atoms with Crippen molar-refractivity contribution in [1.29, 1.82) is 0 Å². The molecule has 3 aromatic carbocycles. The van der Waals surface area contributed by atoms with Crippen LogP contribution in [-0.4, -0.2) is 38.4 Å². The molecule has 0 fully saturated rings. The van der Waals surface area contributed by atoms with Crippen LogP contribution >= 0.6 is 0 Å². The Hall–Kier alpha value is -3.03. The number of nitrogens with one attached hydrogen (secondary N) is 1. The quantitative estimate of drug-likeness (QED) is 0.481. The smallest absolute Gasteiger partial charge is 0.255 e. The van der Waals surface area contributed by atoms with E-state index in [1.807, 2.05) is 48.5 Å². The van der Waals surface area contributed by atoms with Crippen molar-refractivity contribution >= 4 is 32.9 Å². The average Bonchev–Trinajstić information content (AvgIpc) is 2.73. The van der Waals surface area contributed by atoms with Crippen LogP contribution in [0.2, 0.25) is 0 Å². The Morgan fingerprint density at radius 2 is 1.72 bits per heavy atom. The van der Waals surface area contributed by atoms with Crippen LogP contribution in [0.1, 0.15) is 18.1 Å². The molecule has 29 heavy (non-hydrogen) atoms. The molecule has 7 heteroatoms. The maximum atomic E-state index is 12.8. The molecule has 0 aliphatic rings. The molecule has 0 aromatic heterocycles. The second-order valence-electron chi connectivity index (χ2n) is 6.66. The summed E-state index contributed by atoms with van der Waals surface area (Å²) < 4.78 is 26.6. The van der Waals surface area contributed by atoms with E-state index in [4.69, 9.17) is 0 Å². The Balaban J connectivity index is 1.63. The van der Waals surface area contributed by atoms with Crippen LogP contribution in [0, 0.1) is 0 Å². The number of rotatable bonds is 7. The molecule has 0 unspecified atom stereocenters. The zero-order valence-corrected chi connectivity index (χ0v) is 17.2. The number of amides is 1. The monoisotopic (exact) mass is 409 g/mol. The van der Waals surface area contributed by atoms with Gasteiger partial charge in [0.2, 0.25) is 10.0 Å². The zero-order chi connectivity index (χ0) is 20.9. The standard InChI is InChI=1S/C22H23N3O3S/c1-3-17-8-10-18(11-9-17)15-23-24-22(26)16-25(2)29(27,28)21-13-12-19-6-4-5-7-20(19)14-21/h4-15H,3,16H2,1-2H3,(H,24,26)/b23-15+. The van der Waals surface area contributed by atoms with E-state index in [-0.39, 0.29) is 11.4 Å². The fraction of sp³-hybridized carbons (Fsp3) is 0.182. The molecule has 3 rings (SSSR count). The zero-order valence-electron chi connectivity index (χ0n) is 16.4. The van der Waals surface area contributed by atoms with Gasteiger partial charge in [-0.15, -0.1) is 0 Å². The number of hydrogen-bond donors (Lipinski definition) is 1. The number of sulfonamides is 1. The molecule has 0 bridgehead atoms. The summed E-state index contributed by atoms with van der Waals surface area (Å²) in [5.74, 6) is -0.515. The van der Waals surface area contributed by atoms with E-state index < -0.39 is 15.9 Å². The van der Waals surface area contributed by atoms with Crippen molar-refractivity contribution in [2.75, 3.05) is 13.6 Å². The lowest BCUT2D eigenvalue weighted by atomic mass is 10.1. The third kappa shape index (κ3) is 5.07. The largest absolute Gasteiger partial charge is 0.272 e. The molecule has 1 amide bonds. The highest BCUT2D eigenvalue weighted by atomic mass is 32.2. The van der Waals surface area contributed by atoms with Gasteiger partial charge in [-0.05, 0) is 40.5 Å². The summed E-state index contributed by atoms with van der Waals surface area (Å²) in [6.07, 6.45) is 2.47. The van der Waals surface area contributed by atoms with Crippen LogP contribution in [0.15, 0.2) is 76.7 Å². The Morgan fingerprint density at radius 3 is 2.41 bits per heavy atom. The predicted molar refractivity (Wildman–Crippen MR) is 115 cm³/mol. The van der Waals surface area contributed by atoms with Crippen molar-refractivity contribution in [3.05, 3.63) is 77.9 Å². The first-order chi connectivity index (χ1) is 13.9. The van der Waals surface area contributed by atoms with Crippen molar-refractivity contribution in [3.8, 4) is 0 Å². The van der Waals surface area contributed by atoms with E-state index in [0.29, 0.717) is 0 Å². The normalized spacial score (nSPS) is 12.0. The minimum Gasteiger partial charge on any atom is -0.272 e. The van der Waals surface area contributed by atoms with Gasteiger partial charge in [0.15, 0.2) is 0 Å². The van der Waals surface area contributed by atoms with Gasteiger partial charge in [0.1, 0.15) is 0 Å². The SMILES string of the molecule is CCc1ccc(/C=N/NC(=O)CN(C)S(=O)(=O)c2ccc3ccccc3c2)cc1. The number of hydrogen-bond acceptors (Lipinski definition) is 4. The summed E-state index contributed by atoms with van der Waals surface area (Å²) in [4.78, 5) is 12.2. The molecule has 0 aliphatic heterocycles. The summed E-state index contributed by atoms with van der Waals surface area (Å²) in [6.45, 7) is 1.74. The number of aryl methyl sites for hydroxylation is 1. The van der Waals surface area contributed by atoms with Crippen LogP contribution in [-0.2, 0) is 21.2 Å². The van der Waals surface area contributed by atoms with E-state index in [1.165, 1.54) is 18.8 Å². The van der Waals surface area contributed by atoms with Gasteiger partial charge in [0.05, 0.1) is 17.7 Å². The summed E-state index contributed by atoms with van der Waals surface area (Å²) >= 11 is 0. The molecule has 6 nitrogen and oxygen atoms in total. The topological polar surface area (TPSA) is 78.8 Å². The number of carbonyl (C=O) groups excluding carboxylic acids is 1. The lowest BCUT2D eigenvalue weighted by Gasteiger charge is -2.16. The third-order valence-corrected chi connectivity index (χ3v) is 6.39. The lowest BCUT2D eigenvalue weighted by molar-refractivity contribution is -0.121. The van der Waals surface area contributed by atoms with Crippen LogP contribution in [0.3, 0.4) is 0 Å². The molecule has 0 saturated carbocycles. The fourth-order valence-electron chi connectivity index (χ4n) is 2.85. The third-order valence-electron chi connectivity index (χ3n) is 4.59. The van der Waals surface area contributed by atoms with E-state index >= 15 is 0 Å². The number of fused-ring (bicyclic) bond motifs is 1. The van der Waals surface area contributed by atoms with E-state index in [9.17, 15) is 13.2 Å². The minimum absolute atomic E-state index is 0.144. The molecule has 0 heterocycles. The van der Waals surface area contributed by atoms with Crippen molar-refractivity contribution < 1.29 is 13.2 Å². The van der Waals surface area contributed by atoms with E-state index in [2.05, 4.69) is 17.5 Å². The van der Waals surface area contributed by atoms with Gasteiger partial charge in [0.25, 0.3) is 5.91 Å². The van der Waals surface area contributed by atoms with Crippen LogP contribution in [0.4, 0.5) is 0 Å². The first-order valence-electron chi connectivity index (χ1n) is 9.26. The minimum atomic E-state index is -3.79. The molecule has 0 saturated heterocycles. The first kappa shape index (κ1) is 20.7. The molecule has 0 atom stereocenters. The van der Waals surface area contributed by atoms with Gasteiger partial charge in [-0.2, -0.15) is 9.41 Å². The van der Waals surface area contributed by atoms with Crippen LogP contribution in [0.25, 0.3) is 10.8 Å². The second-order valence-corrected chi connectivity index (χ2v) is 8.70. The highest BCUT2D eigenvalue weighted by molar-refractivity contribution is 7.89. The average molecular weight is 410 g/mol. The predicted octanol–water partition coefficient (Wildman–Crippen LogP) is 3.17. The van der Waals surface area contributed by atoms with Crippen molar-refractivity contribution in [2.45, 2.75) is 18.2 Å². The number of nitrogens with zero attached hydrogens (tertiary/aromatic N) is 2. The van der Waals surface area contributed by atoms with Crippen molar-refractivity contribution in [2.24, 2.45) is 5.10 Å². The molecular weight excluding hydrogens is 386 g/mol. The van der Waals surface area contributed by atoms with Crippen molar-refractivity contribution in [3.63, 3.8) is 0 Å². The summed E-state index contributed by atoms with van der Waals surface area (Å²) in [6, 6.07) is 20.2. The van der Waals surface area contributed by atoms with E-state index in [0.717, 1.165) is 27.1 Å². The van der Waals surface area contributed by atoms with Crippen LogP contribution < -0.4 is 5.43 Å². The Kier molecular flexibility index (Phi) is 6.41. The molecule has 0 aliphatic carbocycles. The highest BCUT2D eigenvalue weighted by Crippen LogP contribution is 2.21. The Morgan fingerprint density at radius 1 is 1.03 bits per heavy atom. The molecule has 3 aromatic rings. The maximum Gasteiger partial charge on any atom is 0.255 e. The first-order valence-corrected chi connectivity index (χ1v) is 10.7. The van der Waals surface area contributed by atoms with E-state index in [1.54, 1.807) is 18.2 Å². The molecular formula is C22H23N3O3S. The van der Waals surface area contributed by atoms with Gasteiger partial charge in [-0.3, -0.25) is 4.79 Å². The molecule has 150 valence electrons. The molecule has 1 N–H and O–H groups in total. The second kappa shape index (κ2) is 8.98. The summed E-state index contributed by atoms with van der Waals surface area (Å²) in [5.41, 5.74) is 4.43. The summed E-state index contributed by atoms with van der Waals surface area (Å²) in [5, 5.41) is 5.68. The number of carbonyl (C=O) groups is 1. The highest BCUT2D eigenvalue weighted by Gasteiger charge is 2.23. The Bertz CT molecular complexity index is 1140. The lowest BCUT2D eigenvalue weighted by Crippen LogP contribution is -2.36. The summed E-state index contributed by atoms with van der Waals surface area (Å²) in [7, 11) is -2.42. The number of benzene rings is 3. The molecule has 0 spiro atoms. The van der Waals surface area contributed by atoms with Crippen LogP contribution in [0.5, 0.6) is 0 Å². The van der Waals surface area contributed by atoms with Crippen molar-refractivity contribution in [1.82, 2.24) is 9.73 Å². The van der Waals surface area contributed by atoms with Gasteiger partial charge in [-0.1, -0.05) is 61.5 Å². The van der Waals surface area contributed by atoms with Gasteiger partial charge in [0, 0.05) is 7.05 Å². The maximum absolute atomic E-state index is 12.8. The number of likely N-dealkylation sites (N-methyl/N-ethyl adjacent to an activating group) is 1. The van der Waals surface area contributed by atoms with Gasteiger partial charge in [-0.25, -0.2) is 13.8 Å². The number of hydrazone groups is 1. The van der Waals surface area contributed by atoms with Gasteiger partial charge < -0.3 is 0 Å². The van der Waals surface area contributed by atoms with Gasteiger partial charge >= 0.3 is 0 Å². The Labute approximate surface area is 170 Å². The molecule has 0 radical (unpaired) electrons. The fourth-order valence-corrected chi connectivity index (χ4v) is 4.01.